The molecule has 8 rings (SSSR count). The van der Waals surface area contributed by atoms with Gasteiger partial charge in [-0.05, 0) is 113 Å². The van der Waals surface area contributed by atoms with Crippen LogP contribution in [0, 0.1) is 34.5 Å². The molecule has 0 aromatic carbocycles. The monoisotopic (exact) mass is 764 g/mol. The van der Waals surface area contributed by atoms with Gasteiger partial charge in [0.25, 0.3) is 0 Å². The topological polar surface area (TPSA) is 183 Å². The van der Waals surface area contributed by atoms with Gasteiger partial charge in [0.1, 0.15) is 18.8 Å². The number of cyclic esters (lactones) is 1. The summed E-state index contributed by atoms with van der Waals surface area (Å²) in [6, 6.07) is 0. The number of fused-ring (bicyclic) bond motifs is 5. The first-order valence-electron chi connectivity index (χ1n) is 20.8. The molecule has 0 aromatic heterocycles. The van der Waals surface area contributed by atoms with Crippen LogP contribution in [0.25, 0.3) is 0 Å². The lowest BCUT2D eigenvalue weighted by atomic mass is 9.42. The number of rotatable bonds is 7. The molecular formula is C41H64O13. The fourth-order valence-electron chi connectivity index (χ4n) is 12.7. The Hall–Kier alpha value is -1.23. The summed E-state index contributed by atoms with van der Waals surface area (Å²) >= 11 is 0. The summed E-state index contributed by atoms with van der Waals surface area (Å²) in [5.74, 6) is 0.253. The molecule has 3 saturated heterocycles. The fourth-order valence-corrected chi connectivity index (χ4v) is 12.7. The molecule has 0 amide bonds. The molecule has 4 aliphatic carbocycles. The Bertz CT molecular complexity index is 1390. The minimum atomic E-state index is -1.00. The van der Waals surface area contributed by atoms with Gasteiger partial charge in [-0.25, -0.2) is 4.79 Å². The minimum absolute atomic E-state index is 0.0277. The average Bonchev–Trinajstić information content (AvgIpc) is 3.67. The molecule has 4 saturated carbocycles. The summed E-state index contributed by atoms with van der Waals surface area (Å²) in [5, 5.41) is 56.7. The van der Waals surface area contributed by atoms with E-state index in [2.05, 4.69) is 6.92 Å². The van der Waals surface area contributed by atoms with E-state index in [-0.39, 0.29) is 60.8 Å². The van der Waals surface area contributed by atoms with Gasteiger partial charge in [0.15, 0.2) is 18.9 Å². The van der Waals surface area contributed by atoms with E-state index in [1.165, 1.54) is 0 Å². The molecule has 7 fully saturated rings. The number of aliphatic hydroxyl groups excluding tert-OH is 4. The van der Waals surface area contributed by atoms with E-state index in [4.69, 9.17) is 33.2 Å². The molecule has 0 radical (unpaired) electrons. The molecule has 8 aliphatic rings. The SMILES string of the molecule is CC1OC(OC2C(O)CC(OC3C(O)CC(OC4CCC5(C)C(CCC6C5CC(O)C5(C)C(C7=CC(=O)OC7)CCC65O)C4)OC3C)OC2C)CCC1O. The van der Waals surface area contributed by atoms with Crippen LogP contribution < -0.4 is 0 Å². The van der Waals surface area contributed by atoms with Crippen molar-refractivity contribution in [2.24, 2.45) is 34.5 Å². The number of hydrogen-bond donors (Lipinski definition) is 5. The standard InChI is InChI=1S/C41H64O13/c1-20-29(42)8-9-34(49-20)53-37-21(2)51-36(18-31(37)44)54-38-22(3)50-35(17-30(38)43)52-25-10-12-39(4)24(15-25)6-7-27-28(39)16-32(45)40(5)26(11-13-41(27,40)47)23-14-33(46)48-19-23/h14,20-22,24-32,34-38,42-45,47H,6-13,15-19H2,1-5H3. The molecule has 20 atom stereocenters. The molecule has 20 unspecified atom stereocenters. The lowest BCUT2D eigenvalue weighted by molar-refractivity contribution is -0.333. The lowest BCUT2D eigenvalue weighted by Gasteiger charge is -2.65. The number of esters is 1. The van der Waals surface area contributed by atoms with Crippen LogP contribution in [0.2, 0.25) is 0 Å². The van der Waals surface area contributed by atoms with Crippen molar-refractivity contribution in [1.82, 2.24) is 0 Å². The smallest absolute Gasteiger partial charge is 0.331 e. The van der Waals surface area contributed by atoms with Crippen molar-refractivity contribution in [2.45, 2.75) is 197 Å². The van der Waals surface area contributed by atoms with Crippen molar-refractivity contribution >= 4 is 5.97 Å². The third-order valence-corrected chi connectivity index (χ3v) is 15.9. The number of carbonyl (C=O) groups excluding carboxylic acids is 1. The molecule has 0 aromatic rings. The largest absolute Gasteiger partial charge is 0.458 e. The van der Waals surface area contributed by atoms with Crippen molar-refractivity contribution < 1.29 is 63.5 Å². The summed E-state index contributed by atoms with van der Waals surface area (Å²) in [5.41, 5.74) is -0.854. The summed E-state index contributed by atoms with van der Waals surface area (Å²) in [4.78, 5) is 11.9. The van der Waals surface area contributed by atoms with Crippen molar-refractivity contribution in [3.05, 3.63) is 11.6 Å². The first kappa shape index (κ1) is 39.6. The normalized spacial score (nSPS) is 55.0. The highest BCUT2D eigenvalue weighted by atomic mass is 16.7. The summed E-state index contributed by atoms with van der Waals surface area (Å²) in [7, 11) is 0. The Morgan fingerprint density at radius 2 is 1.33 bits per heavy atom. The zero-order chi connectivity index (χ0) is 38.3. The molecule has 54 heavy (non-hydrogen) atoms. The maximum atomic E-state index is 12.6. The number of hydrogen-bond acceptors (Lipinski definition) is 13. The number of ether oxygens (including phenoxy) is 7. The Morgan fingerprint density at radius 1 is 0.685 bits per heavy atom. The zero-order valence-electron chi connectivity index (χ0n) is 32.6. The molecule has 0 spiro atoms. The lowest BCUT2D eigenvalue weighted by Crippen LogP contribution is -2.67. The fraction of sp³-hybridized carbons (Fsp3) is 0.927. The molecule has 4 heterocycles. The highest BCUT2D eigenvalue weighted by Gasteiger charge is 2.71. The molecular weight excluding hydrogens is 700 g/mol. The van der Waals surface area contributed by atoms with Crippen LogP contribution in [0.15, 0.2) is 11.6 Å². The van der Waals surface area contributed by atoms with Crippen LogP contribution in [0.1, 0.15) is 112 Å². The van der Waals surface area contributed by atoms with Crippen LogP contribution in [-0.2, 0) is 38.0 Å². The van der Waals surface area contributed by atoms with Gasteiger partial charge in [-0.2, -0.15) is 0 Å². The van der Waals surface area contributed by atoms with Crippen molar-refractivity contribution in [3.8, 4) is 0 Å². The summed E-state index contributed by atoms with van der Waals surface area (Å²) < 4.78 is 42.3. The zero-order valence-corrected chi connectivity index (χ0v) is 32.6. The summed E-state index contributed by atoms with van der Waals surface area (Å²) in [6.45, 7) is 10.1. The van der Waals surface area contributed by atoms with Gasteiger partial charge in [0.05, 0.1) is 54.4 Å². The molecule has 0 bridgehead atoms. The second kappa shape index (κ2) is 14.9. The maximum absolute atomic E-state index is 12.6. The predicted octanol–water partition coefficient (Wildman–Crippen LogP) is 3.25. The Kier molecular flexibility index (Phi) is 10.9. The minimum Gasteiger partial charge on any atom is -0.458 e. The Balaban J connectivity index is 0.839. The highest BCUT2D eigenvalue weighted by molar-refractivity contribution is 5.85. The first-order valence-corrected chi connectivity index (χ1v) is 20.8. The van der Waals surface area contributed by atoms with Gasteiger partial charge in [0.2, 0.25) is 0 Å². The van der Waals surface area contributed by atoms with Crippen molar-refractivity contribution in [1.29, 1.82) is 0 Å². The Morgan fingerprint density at radius 3 is 1.96 bits per heavy atom. The van der Waals surface area contributed by atoms with Gasteiger partial charge in [0, 0.05) is 30.8 Å². The quantitative estimate of drug-likeness (QED) is 0.188. The molecule has 4 aliphatic heterocycles. The second-order valence-corrected chi connectivity index (χ2v) is 18.7. The van der Waals surface area contributed by atoms with E-state index in [1.54, 1.807) is 13.0 Å². The summed E-state index contributed by atoms with van der Waals surface area (Å²) in [6.07, 6.45) is 2.23. The van der Waals surface area contributed by atoms with E-state index in [0.717, 1.165) is 44.1 Å². The molecule has 5 N–H and O–H groups in total. The van der Waals surface area contributed by atoms with E-state index >= 15 is 0 Å². The van der Waals surface area contributed by atoms with Crippen LogP contribution >= 0.6 is 0 Å². The van der Waals surface area contributed by atoms with Crippen molar-refractivity contribution in [2.75, 3.05) is 6.61 Å². The molecule has 306 valence electrons. The van der Waals surface area contributed by atoms with E-state index in [9.17, 15) is 30.3 Å². The van der Waals surface area contributed by atoms with E-state index in [0.29, 0.717) is 31.6 Å². The van der Waals surface area contributed by atoms with E-state index in [1.807, 2.05) is 20.8 Å². The van der Waals surface area contributed by atoms with Gasteiger partial charge in [-0.15, -0.1) is 0 Å². The van der Waals surface area contributed by atoms with Crippen LogP contribution in [0.3, 0.4) is 0 Å². The van der Waals surface area contributed by atoms with Crippen molar-refractivity contribution in [3.63, 3.8) is 0 Å². The Labute approximate surface area is 319 Å². The van der Waals surface area contributed by atoms with Gasteiger partial charge in [-0.1, -0.05) is 13.8 Å². The highest BCUT2D eigenvalue weighted by Crippen LogP contribution is 2.70. The number of carbonyl (C=O) groups is 1. The third kappa shape index (κ3) is 6.72. The predicted molar refractivity (Wildman–Crippen MR) is 191 cm³/mol. The van der Waals surface area contributed by atoms with Crippen LogP contribution in [-0.4, -0.2) is 124 Å². The number of aliphatic hydroxyl groups is 5. The van der Waals surface area contributed by atoms with Gasteiger partial charge in [-0.3, -0.25) is 0 Å². The van der Waals surface area contributed by atoms with Gasteiger partial charge >= 0.3 is 5.97 Å². The first-order chi connectivity index (χ1) is 25.6. The molecule has 13 nitrogen and oxygen atoms in total. The molecule has 13 heteroatoms. The average molecular weight is 765 g/mol. The van der Waals surface area contributed by atoms with Crippen LogP contribution in [0.4, 0.5) is 0 Å². The van der Waals surface area contributed by atoms with Gasteiger partial charge < -0.3 is 58.7 Å². The second-order valence-electron chi connectivity index (χ2n) is 18.7. The third-order valence-electron chi connectivity index (χ3n) is 15.9. The maximum Gasteiger partial charge on any atom is 0.331 e. The van der Waals surface area contributed by atoms with Crippen LogP contribution in [0.5, 0.6) is 0 Å². The van der Waals surface area contributed by atoms with E-state index < -0.39 is 78.7 Å².